The first kappa shape index (κ1) is 21.9. The number of carbonyl (C=O) groups is 2. The predicted molar refractivity (Wildman–Crippen MR) is 127 cm³/mol. The highest BCUT2D eigenvalue weighted by atomic mass is 16.3. The van der Waals surface area contributed by atoms with Crippen LogP contribution in [0, 0.1) is 0 Å². The third kappa shape index (κ3) is 4.75. The van der Waals surface area contributed by atoms with Crippen LogP contribution in [-0.2, 0) is 24.2 Å². The van der Waals surface area contributed by atoms with Gasteiger partial charge in [-0.2, -0.15) is 0 Å². The van der Waals surface area contributed by atoms with Gasteiger partial charge in [0, 0.05) is 70.2 Å². The van der Waals surface area contributed by atoms with Crippen LogP contribution in [0.5, 0.6) is 0 Å². The van der Waals surface area contributed by atoms with E-state index in [2.05, 4.69) is 40.1 Å². The van der Waals surface area contributed by atoms with Crippen LogP contribution in [0.2, 0.25) is 0 Å². The van der Waals surface area contributed by atoms with Crippen molar-refractivity contribution in [2.24, 2.45) is 0 Å². The van der Waals surface area contributed by atoms with Crippen molar-refractivity contribution in [2.45, 2.75) is 25.5 Å². The van der Waals surface area contributed by atoms with E-state index in [1.165, 1.54) is 11.1 Å². The Hall–Kier alpha value is -2.90. The summed E-state index contributed by atoms with van der Waals surface area (Å²) in [5.74, 6) is 0.0108. The number of benzene rings is 2. The third-order valence-electron chi connectivity index (χ3n) is 7.20. The van der Waals surface area contributed by atoms with Gasteiger partial charge in [-0.15, -0.1) is 0 Å². The van der Waals surface area contributed by atoms with Crippen LogP contribution in [0.15, 0.2) is 42.5 Å². The average molecular weight is 449 g/mol. The van der Waals surface area contributed by atoms with E-state index in [1.54, 1.807) is 9.80 Å². The highest BCUT2D eigenvalue weighted by molar-refractivity contribution is 5.97. The SMILES string of the molecule is O=CN1CCN(c2ccc3c(c2)CCN(C[C@H](O)CN2CCc4ccccc4C2)C3=O)CC1. The van der Waals surface area contributed by atoms with Gasteiger partial charge in [-0.25, -0.2) is 0 Å². The molecule has 33 heavy (non-hydrogen) atoms. The van der Waals surface area contributed by atoms with E-state index in [4.69, 9.17) is 0 Å². The van der Waals surface area contributed by atoms with Crippen LogP contribution in [0.25, 0.3) is 0 Å². The molecule has 3 aliphatic rings. The Balaban J connectivity index is 1.18. The molecule has 3 heterocycles. The van der Waals surface area contributed by atoms with Gasteiger partial charge in [0.05, 0.1) is 6.10 Å². The molecule has 1 atom stereocenters. The fourth-order valence-corrected chi connectivity index (χ4v) is 5.30. The molecule has 7 nitrogen and oxygen atoms in total. The zero-order chi connectivity index (χ0) is 22.8. The number of amides is 2. The summed E-state index contributed by atoms with van der Waals surface area (Å²) < 4.78 is 0. The van der Waals surface area contributed by atoms with Crippen LogP contribution in [-0.4, -0.2) is 90.6 Å². The van der Waals surface area contributed by atoms with Crippen LogP contribution in [0.4, 0.5) is 5.69 Å². The van der Waals surface area contributed by atoms with Gasteiger partial charge in [0.2, 0.25) is 6.41 Å². The standard InChI is InChI=1S/C26H32N4O3/c31-19-27-11-13-29(14-12-27)23-5-6-25-21(15-23)8-10-30(26(25)33)18-24(32)17-28-9-7-20-3-1-2-4-22(20)16-28/h1-6,15,19,24,32H,7-14,16-18H2/t24-/m1/s1. The number of nitrogens with zero attached hydrogens (tertiary/aromatic N) is 4. The number of rotatable bonds is 6. The maximum absolute atomic E-state index is 13.1. The molecule has 2 amide bonds. The maximum atomic E-state index is 13.1. The molecule has 2 aromatic rings. The lowest BCUT2D eigenvalue weighted by Crippen LogP contribution is -2.47. The van der Waals surface area contributed by atoms with E-state index in [0.717, 1.165) is 75.3 Å². The van der Waals surface area contributed by atoms with Crippen molar-refractivity contribution in [2.75, 3.05) is 57.3 Å². The van der Waals surface area contributed by atoms with Gasteiger partial charge in [0.15, 0.2) is 0 Å². The Morgan fingerprint density at radius 2 is 1.64 bits per heavy atom. The molecule has 3 aliphatic heterocycles. The van der Waals surface area contributed by atoms with Crippen LogP contribution in [0.3, 0.4) is 0 Å². The van der Waals surface area contributed by atoms with E-state index in [1.807, 2.05) is 12.1 Å². The Morgan fingerprint density at radius 3 is 2.42 bits per heavy atom. The summed E-state index contributed by atoms with van der Waals surface area (Å²) in [4.78, 5) is 32.2. The number of aliphatic hydroxyl groups is 1. The third-order valence-corrected chi connectivity index (χ3v) is 7.20. The molecule has 0 aliphatic carbocycles. The first-order valence-electron chi connectivity index (χ1n) is 11.9. The van der Waals surface area contributed by atoms with Crippen molar-refractivity contribution < 1.29 is 14.7 Å². The molecule has 0 saturated carbocycles. The lowest BCUT2D eigenvalue weighted by atomic mass is 9.97. The summed E-state index contributed by atoms with van der Waals surface area (Å²) in [6.07, 6.45) is 2.16. The number of aliphatic hydroxyl groups excluding tert-OH is 1. The van der Waals surface area contributed by atoms with Gasteiger partial charge in [-0.3, -0.25) is 14.5 Å². The predicted octanol–water partition coefficient (Wildman–Crippen LogP) is 1.38. The number of hydrogen-bond acceptors (Lipinski definition) is 5. The van der Waals surface area contributed by atoms with Crippen molar-refractivity contribution >= 4 is 18.0 Å². The largest absolute Gasteiger partial charge is 0.390 e. The van der Waals surface area contributed by atoms with Crippen LogP contribution in [0.1, 0.15) is 27.0 Å². The highest BCUT2D eigenvalue weighted by Gasteiger charge is 2.28. The molecule has 0 aromatic heterocycles. The molecular weight excluding hydrogens is 416 g/mol. The molecule has 7 heteroatoms. The normalized spacial score (nSPS) is 19.8. The van der Waals surface area contributed by atoms with E-state index >= 15 is 0 Å². The molecule has 0 unspecified atom stereocenters. The number of hydrogen-bond donors (Lipinski definition) is 1. The Labute approximate surface area is 195 Å². The molecule has 5 rings (SSSR count). The number of piperazine rings is 1. The summed E-state index contributed by atoms with van der Waals surface area (Å²) >= 11 is 0. The lowest BCUT2D eigenvalue weighted by molar-refractivity contribution is -0.118. The minimum absolute atomic E-state index is 0.0108. The molecule has 1 saturated heterocycles. The minimum Gasteiger partial charge on any atom is -0.390 e. The van der Waals surface area contributed by atoms with Crippen molar-refractivity contribution in [3.8, 4) is 0 Å². The molecule has 0 radical (unpaired) electrons. The number of anilines is 1. The van der Waals surface area contributed by atoms with Crippen molar-refractivity contribution in [3.63, 3.8) is 0 Å². The number of carbonyl (C=O) groups excluding carboxylic acids is 2. The molecule has 174 valence electrons. The monoisotopic (exact) mass is 448 g/mol. The van der Waals surface area contributed by atoms with Gasteiger partial charge in [0.1, 0.15) is 0 Å². The summed E-state index contributed by atoms with van der Waals surface area (Å²) in [5, 5.41) is 10.8. The van der Waals surface area contributed by atoms with Gasteiger partial charge in [-0.05, 0) is 47.7 Å². The molecule has 0 bridgehead atoms. The summed E-state index contributed by atoms with van der Waals surface area (Å²) in [6.45, 7) is 6.45. The first-order chi connectivity index (χ1) is 16.1. The number of β-amino-alcohol motifs (C(OH)–C–C–N with tert-alkyl or cyclic N) is 1. The molecule has 0 spiro atoms. The molecular formula is C26H32N4O3. The second kappa shape index (κ2) is 9.53. The van der Waals surface area contributed by atoms with Gasteiger partial charge < -0.3 is 19.8 Å². The zero-order valence-corrected chi connectivity index (χ0v) is 19.0. The minimum atomic E-state index is -0.561. The van der Waals surface area contributed by atoms with Crippen LogP contribution >= 0.6 is 0 Å². The Kier molecular flexibility index (Phi) is 6.33. The van der Waals surface area contributed by atoms with Crippen molar-refractivity contribution in [3.05, 3.63) is 64.7 Å². The second-order valence-corrected chi connectivity index (χ2v) is 9.38. The van der Waals surface area contributed by atoms with Crippen LogP contribution < -0.4 is 4.90 Å². The maximum Gasteiger partial charge on any atom is 0.254 e. The fraction of sp³-hybridized carbons (Fsp3) is 0.462. The van der Waals surface area contributed by atoms with E-state index < -0.39 is 6.10 Å². The Bertz CT molecular complexity index is 1020. The van der Waals surface area contributed by atoms with E-state index in [0.29, 0.717) is 19.6 Å². The Morgan fingerprint density at radius 1 is 0.879 bits per heavy atom. The smallest absolute Gasteiger partial charge is 0.254 e. The summed E-state index contributed by atoms with van der Waals surface area (Å²) in [5.41, 5.74) is 5.67. The van der Waals surface area contributed by atoms with E-state index in [9.17, 15) is 14.7 Å². The molecule has 1 fully saturated rings. The number of fused-ring (bicyclic) bond motifs is 2. The quantitative estimate of drug-likeness (QED) is 0.677. The van der Waals surface area contributed by atoms with Crippen molar-refractivity contribution in [1.82, 2.24) is 14.7 Å². The first-order valence-corrected chi connectivity index (χ1v) is 11.9. The van der Waals surface area contributed by atoms with Gasteiger partial charge >= 0.3 is 0 Å². The van der Waals surface area contributed by atoms with Gasteiger partial charge in [-0.1, -0.05) is 24.3 Å². The summed E-state index contributed by atoms with van der Waals surface area (Å²) in [6, 6.07) is 14.6. The molecule has 2 aromatic carbocycles. The summed E-state index contributed by atoms with van der Waals surface area (Å²) in [7, 11) is 0. The average Bonchev–Trinajstić information content (AvgIpc) is 2.85. The van der Waals surface area contributed by atoms with Crippen molar-refractivity contribution in [1.29, 1.82) is 0 Å². The lowest BCUT2D eigenvalue weighted by Gasteiger charge is -2.36. The highest BCUT2D eigenvalue weighted by Crippen LogP contribution is 2.26. The fourth-order valence-electron chi connectivity index (χ4n) is 5.30. The van der Waals surface area contributed by atoms with E-state index in [-0.39, 0.29) is 5.91 Å². The molecule has 1 N–H and O–H groups in total. The van der Waals surface area contributed by atoms with Gasteiger partial charge in [0.25, 0.3) is 5.91 Å². The second-order valence-electron chi connectivity index (χ2n) is 9.38. The topological polar surface area (TPSA) is 67.3 Å². The zero-order valence-electron chi connectivity index (χ0n) is 19.0.